The highest BCUT2D eigenvalue weighted by Gasteiger charge is 2.59. The van der Waals surface area contributed by atoms with Gasteiger partial charge in [0, 0.05) is 12.5 Å². The van der Waals surface area contributed by atoms with Gasteiger partial charge in [0.05, 0.1) is 31.1 Å². The number of aliphatic hydroxyl groups is 1. The molecule has 0 saturated carbocycles. The van der Waals surface area contributed by atoms with Gasteiger partial charge in [-0.25, -0.2) is 0 Å². The molecule has 1 fully saturated rings. The smallest absolute Gasteiger partial charge is 0.310 e. The minimum Gasteiger partial charge on any atom is -0.466 e. The summed E-state index contributed by atoms with van der Waals surface area (Å²) in [5, 5.41) is 13.3. The van der Waals surface area contributed by atoms with Gasteiger partial charge in [-0.1, -0.05) is 69.2 Å². The summed E-state index contributed by atoms with van der Waals surface area (Å²) < 4.78 is 5.40. The molecule has 0 radical (unpaired) electrons. The van der Waals surface area contributed by atoms with Crippen molar-refractivity contribution in [3.8, 4) is 0 Å². The lowest BCUT2D eigenvalue weighted by Gasteiger charge is -2.34. The first-order chi connectivity index (χ1) is 16.5. The molecule has 1 aromatic carbocycles. The summed E-state index contributed by atoms with van der Waals surface area (Å²) in [7, 11) is 0. The van der Waals surface area contributed by atoms with Gasteiger partial charge >= 0.3 is 5.97 Å². The zero-order valence-electron chi connectivity index (χ0n) is 20.5. The number of fused-ring (bicyclic) bond motifs is 1. The standard InChI is InChI=1S/C27H38N2O5/c1-4-7-16-28-25(31)24-20-15-14-19(11-5-2)22(27(33)34-6-3)23(20)26(32)29(24)21(17-30)18-12-9-8-10-13-18/h8-10,12-15,19-24,30H,4-7,11,16-17H2,1-3H3,(H,28,31)/t19-,20+,21-,22-,23-,24+/m1/s1. The van der Waals surface area contributed by atoms with Crippen molar-refractivity contribution in [2.45, 2.75) is 58.5 Å². The van der Waals surface area contributed by atoms with Crippen molar-refractivity contribution < 1.29 is 24.2 Å². The van der Waals surface area contributed by atoms with Crippen molar-refractivity contribution in [1.29, 1.82) is 0 Å². The number of esters is 1. The zero-order valence-corrected chi connectivity index (χ0v) is 20.5. The van der Waals surface area contributed by atoms with Crippen molar-refractivity contribution in [3.63, 3.8) is 0 Å². The van der Waals surface area contributed by atoms with Crippen LogP contribution in [0.5, 0.6) is 0 Å². The fourth-order valence-corrected chi connectivity index (χ4v) is 5.47. The van der Waals surface area contributed by atoms with E-state index in [2.05, 4.69) is 5.32 Å². The Labute approximate surface area is 202 Å². The lowest BCUT2D eigenvalue weighted by Crippen LogP contribution is -2.49. The monoisotopic (exact) mass is 470 g/mol. The molecule has 1 aliphatic heterocycles. The number of hydrogen-bond acceptors (Lipinski definition) is 5. The molecule has 0 bridgehead atoms. The Morgan fingerprint density at radius 3 is 2.47 bits per heavy atom. The predicted octanol–water partition coefficient (Wildman–Crippen LogP) is 3.24. The van der Waals surface area contributed by atoms with Crippen LogP contribution in [0, 0.1) is 23.7 Å². The molecule has 0 spiro atoms. The number of nitrogens with zero attached hydrogens (tertiary/aromatic N) is 1. The molecule has 7 heteroatoms. The van der Waals surface area contributed by atoms with Gasteiger partial charge in [-0.15, -0.1) is 0 Å². The van der Waals surface area contributed by atoms with E-state index in [1.165, 1.54) is 4.90 Å². The molecule has 186 valence electrons. The first kappa shape index (κ1) is 25.9. The van der Waals surface area contributed by atoms with Crippen LogP contribution in [-0.2, 0) is 19.1 Å². The average molecular weight is 471 g/mol. The minimum atomic E-state index is -0.803. The normalized spacial score (nSPS) is 26.8. The van der Waals surface area contributed by atoms with Crippen LogP contribution in [0.1, 0.15) is 58.1 Å². The van der Waals surface area contributed by atoms with E-state index in [0.717, 1.165) is 31.2 Å². The summed E-state index contributed by atoms with van der Waals surface area (Å²) in [5.41, 5.74) is 0.755. The van der Waals surface area contributed by atoms with Crippen LogP contribution < -0.4 is 5.32 Å². The van der Waals surface area contributed by atoms with Gasteiger partial charge in [0.2, 0.25) is 11.8 Å². The Morgan fingerprint density at radius 1 is 1.12 bits per heavy atom. The van der Waals surface area contributed by atoms with Gasteiger partial charge in [0.1, 0.15) is 6.04 Å². The van der Waals surface area contributed by atoms with Crippen molar-refractivity contribution >= 4 is 17.8 Å². The zero-order chi connectivity index (χ0) is 24.7. The molecule has 6 atom stereocenters. The summed E-state index contributed by atoms with van der Waals surface area (Å²) in [4.78, 5) is 42.1. The Balaban J connectivity index is 2.06. The van der Waals surface area contributed by atoms with Gasteiger partial charge in [-0.05, 0) is 31.2 Å². The number of ether oxygens (including phenoxy) is 1. The number of nitrogens with one attached hydrogen (secondary N) is 1. The van der Waals surface area contributed by atoms with Crippen molar-refractivity contribution in [3.05, 3.63) is 48.0 Å². The van der Waals surface area contributed by atoms with Gasteiger partial charge in [0.15, 0.2) is 0 Å². The quantitative estimate of drug-likeness (QED) is 0.294. The first-order valence-corrected chi connectivity index (χ1v) is 12.6. The van der Waals surface area contributed by atoms with E-state index in [1.807, 2.05) is 56.3 Å². The molecule has 0 unspecified atom stereocenters. The number of benzene rings is 1. The molecule has 2 N–H and O–H groups in total. The largest absolute Gasteiger partial charge is 0.466 e. The molecule has 2 amide bonds. The second-order valence-electron chi connectivity index (χ2n) is 9.16. The summed E-state index contributed by atoms with van der Waals surface area (Å²) in [5.74, 6) is -2.83. The van der Waals surface area contributed by atoms with Crippen LogP contribution >= 0.6 is 0 Å². The van der Waals surface area contributed by atoms with E-state index < -0.39 is 29.8 Å². The second-order valence-corrected chi connectivity index (χ2v) is 9.16. The molecule has 1 heterocycles. The predicted molar refractivity (Wildman–Crippen MR) is 129 cm³/mol. The van der Waals surface area contributed by atoms with Crippen LogP contribution in [0.4, 0.5) is 0 Å². The number of aliphatic hydroxyl groups excluding tert-OH is 1. The average Bonchev–Trinajstić information content (AvgIpc) is 3.13. The van der Waals surface area contributed by atoms with Crippen molar-refractivity contribution in [2.75, 3.05) is 19.8 Å². The highest BCUT2D eigenvalue weighted by Crippen LogP contribution is 2.48. The Kier molecular flexibility index (Phi) is 9.28. The molecular formula is C27H38N2O5. The van der Waals surface area contributed by atoms with Crippen LogP contribution in [0.25, 0.3) is 0 Å². The molecular weight excluding hydrogens is 432 g/mol. The number of carbonyl (C=O) groups is 3. The third-order valence-electron chi connectivity index (χ3n) is 7.02. The maximum Gasteiger partial charge on any atom is 0.310 e. The summed E-state index contributed by atoms with van der Waals surface area (Å²) >= 11 is 0. The van der Waals surface area contributed by atoms with E-state index in [9.17, 15) is 19.5 Å². The number of allylic oxidation sites excluding steroid dienone is 1. The second kappa shape index (κ2) is 12.2. The highest BCUT2D eigenvalue weighted by molar-refractivity contribution is 5.96. The van der Waals surface area contributed by atoms with E-state index >= 15 is 0 Å². The van der Waals surface area contributed by atoms with E-state index in [4.69, 9.17) is 4.74 Å². The number of hydrogen-bond donors (Lipinski definition) is 2. The van der Waals surface area contributed by atoms with Gasteiger partial charge in [-0.2, -0.15) is 0 Å². The summed E-state index contributed by atoms with van der Waals surface area (Å²) in [6.07, 6.45) is 7.33. The molecule has 1 aliphatic carbocycles. The van der Waals surface area contributed by atoms with Gasteiger partial charge in [0.25, 0.3) is 0 Å². The Morgan fingerprint density at radius 2 is 1.85 bits per heavy atom. The van der Waals surface area contributed by atoms with Crippen LogP contribution in [0.3, 0.4) is 0 Å². The number of rotatable bonds is 11. The van der Waals surface area contributed by atoms with Crippen LogP contribution in [-0.4, -0.2) is 53.6 Å². The number of unbranched alkanes of at least 4 members (excludes halogenated alkanes) is 1. The van der Waals surface area contributed by atoms with Gasteiger partial charge in [-0.3, -0.25) is 14.4 Å². The fourth-order valence-electron chi connectivity index (χ4n) is 5.47. The Hall–Kier alpha value is -2.67. The first-order valence-electron chi connectivity index (χ1n) is 12.6. The molecule has 1 saturated heterocycles. The third-order valence-corrected chi connectivity index (χ3v) is 7.02. The van der Waals surface area contributed by atoms with Crippen LogP contribution in [0.15, 0.2) is 42.5 Å². The van der Waals surface area contributed by atoms with E-state index in [1.54, 1.807) is 6.92 Å². The summed E-state index contributed by atoms with van der Waals surface area (Å²) in [6, 6.07) is 7.78. The number of amides is 2. The molecule has 0 aromatic heterocycles. The molecule has 3 rings (SSSR count). The van der Waals surface area contributed by atoms with Crippen molar-refractivity contribution in [2.24, 2.45) is 23.7 Å². The molecule has 34 heavy (non-hydrogen) atoms. The highest BCUT2D eigenvalue weighted by atomic mass is 16.5. The molecule has 2 aliphatic rings. The lowest BCUT2D eigenvalue weighted by atomic mass is 9.69. The maximum atomic E-state index is 14.0. The van der Waals surface area contributed by atoms with Gasteiger partial charge < -0.3 is 20.1 Å². The number of carbonyl (C=O) groups excluding carboxylic acids is 3. The molecule has 7 nitrogen and oxygen atoms in total. The lowest BCUT2D eigenvalue weighted by molar-refractivity contribution is -0.156. The molecule has 1 aromatic rings. The third kappa shape index (κ3) is 5.19. The minimum absolute atomic E-state index is 0.123. The fraction of sp³-hybridized carbons (Fsp3) is 0.593. The summed E-state index contributed by atoms with van der Waals surface area (Å²) in [6.45, 7) is 6.28. The topological polar surface area (TPSA) is 95.9 Å². The Bertz CT molecular complexity index is 871. The van der Waals surface area contributed by atoms with E-state index in [-0.39, 0.29) is 36.9 Å². The maximum absolute atomic E-state index is 14.0. The van der Waals surface area contributed by atoms with Crippen LogP contribution in [0.2, 0.25) is 0 Å². The van der Waals surface area contributed by atoms with E-state index in [0.29, 0.717) is 6.54 Å². The van der Waals surface area contributed by atoms with Crippen molar-refractivity contribution in [1.82, 2.24) is 10.2 Å². The SMILES string of the molecule is CCCCNC(=O)[C@@H]1[C@H]2C=C[C@@H](CCC)[C@@H](C(=O)OCC)[C@@H]2C(=O)N1[C@H](CO)c1ccccc1. The number of likely N-dealkylation sites (tertiary alicyclic amines) is 1.